The van der Waals surface area contributed by atoms with Gasteiger partial charge in [0.05, 0.1) is 6.61 Å². The topological polar surface area (TPSA) is 24.5 Å². The van der Waals surface area contributed by atoms with Gasteiger partial charge in [0.2, 0.25) is 0 Å². The van der Waals surface area contributed by atoms with Gasteiger partial charge in [-0.2, -0.15) is 0 Å². The Hall–Kier alpha value is -0.120. The zero-order chi connectivity index (χ0) is 10.4. The number of hydrogen-bond donors (Lipinski definition) is 1. The van der Waals surface area contributed by atoms with Crippen LogP contribution < -0.4 is 5.32 Å². The van der Waals surface area contributed by atoms with Crippen molar-refractivity contribution in [1.82, 2.24) is 10.2 Å². The van der Waals surface area contributed by atoms with Crippen LogP contribution in [0.3, 0.4) is 0 Å². The number of nitrogens with zero attached hydrogens (tertiary/aromatic N) is 1. The molecule has 84 valence electrons. The highest BCUT2D eigenvalue weighted by atomic mass is 16.5. The number of methoxy groups -OCH3 is 1. The van der Waals surface area contributed by atoms with Crippen LogP contribution in [-0.2, 0) is 4.74 Å². The minimum atomic E-state index is 0.686. The summed E-state index contributed by atoms with van der Waals surface area (Å²) in [7, 11) is 1.78. The molecule has 0 aromatic heterocycles. The molecule has 0 aromatic carbocycles. The zero-order valence-electron chi connectivity index (χ0n) is 9.75. The molecule has 1 N–H and O–H groups in total. The van der Waals surface area contributed by atoms with E-state index in [1.54, 1.807) is 7.11 Å². The molecule has 1 heterocycles. The molecule has 1 atom stereocenters. The van der Waals surface area contributed by atoms with Gasteiger partial charge in [-0.1, -0.05) is 6.92 Å². The average Bonchev–Trinajstić information content (AvgIpc) is 2.14. The van der Waals surface area contributed by atoms with Gasteiger partial charge >= 0.3 is 0 Å². The molecular formula is C11H24N2O. The Morgan fingerprint density at radius 2 is 2.21 bits per heavy atom. The van der Waals surface area contributed by atoms with Crippen LogP contribution in [0.2, 0.25) is 0 Å². The van der Waals surface area contributed by atoms with Crippen LogP contribution in [0.5, 0.6) is 0 Å². The Morgan fingerprint density at radius 3 is 2.64 bits per heavy atom. The van der Waals surface area contributed by atoms with Crippen molar-refractivity contribution in [3.63, 3.8) is 0 Å². The van der Waals surface area contributed by atoms with Gasteiger partial charge in [0.25, 0.3) is 0 Å². The summed E-state index contributed by atoms with van der Waals surface area (Å²) in [5.41, 5.74) is 0. The molecule has 1 aliphatic rings. The molecule has 0 spiro atoms. The molecule has 3 heteroatoms. The lowest BCUT2D eigenvalue weighted by atomic mass is 10.0. The van der Waals surface area contributed by atoms with Crippen LogP contribution in [0.1, 0.15) is 20.3 Å². The van der Waals surface area contributed by atoms with Gasteiger partial charge in [-0.15, -0.1) is 0 Å². The van der Waals surface area contributed by atoms with Gasteiger partial charge in [0.15, 0.2) is 0 Å². The molecule has 0 bridgehead atoms. The second-order valence-corrected chi connectivity index (χ2v) is 4.27. The third kappa shape index (κ3) is 3.56. The maximum Gasteiger partial charge on any atom is 0.0589 e. The molecule has 1 rings (SSSR count). The third-order valence-electron chi connectivity index (χ3n) is 3.16. The molecule has 0 saturated carbocycles. The normalized spacial score (nSPS) is 19.7. The first-order valence-electron chi connectivity index (χ1n) is 5.71. The van der Waals surface area contributed by atoms with Crippen molar-refractivity contribution in [2.45, 2.75) is 26.3 Å². The first-order chi connectivity index (χ1) is 6.77. The minimum absolute atomic E-state index is 0.686. The van der Waals surface area contributed by atoms with E-state index in [1.807, 2.05) is 0 Å². The lowest BCUT2D eigenvalue weighted by Crippen LogP contribution is -2.50. The Balaban J connectivity index is 2.26. The second-order valence-electron chi connectivity index (χ2n) is 4.27. The number of nitrogens with one attached hydrogen (secondary N) is 1. The largest absolute Gasteiger partial charge is 0.383 e. The smallest absolute Gasteiger partial charge is 0.0589 e. The summed E-state index contributed by atoms with van der Waals surface area (Å²) >= 11 is 0. The highest BCUT2D eigenvalue weighted by Gasteiger charge is 2.22. The molecule has 14 heavy (non-hydrogen) atoms. The summed E-state index contributed by atoms with van der Waals surface area (Å²) < 4.78 is 5.14. The van der Waals surface area contributed by atoms with Crippen LogP contribution >= 0.6 is 0 Å². The van der Waals surface area contributed by atoms with Gasteiger partial charge in [0, 0.05) is 39.3 Å². The third-order valence-corrected chi connectivity index (χ3v) is 3.16. The van der Waals surface area contributed by atoms with E-state index in [0.29, 0.717) is 6.04 Å². The molecule has 1 fully saturated rings. The van der Waals surface area contributed by atoms with Crippen LogP contribution in [0.15, 0.2) is 0 Å². The molecule has 0 amide bonds. The van der Waals surface area contributed by atoms with Crippen LogP contribution in [0.25, 0.3) is 0 Å². The van der Waals surface area contributed by atoms with Crippen molar-refractivity contribution in [3.8, 4) is 0 Å². The molecule has 1 aliphatic heterocycles. The average molecular weight is 200 g/mol. The number of rotatable bonds is 7. The fourth-order valence-electron chi connectivity index (χ4n) is 1.77. The molecule has 0 aromatic rings. The van der Waals surface area contributed by atoms with Gasteiger partial charge < -0.3 is 10.1 Å². The van der Waals surface area contributed by atoms with Crippen molar-refractivity contribution in [3.05, 3.63) is 0 Å². The lowest BCUT2D eigenvalue weighted by molar-refractivity contribution is 0.0990. The minimum Gasteiger partial charge on any atom is -0.383 e. The monoisotopic (exact) mass is 200 g/mol. The van der Waals surface area contributed by atoms with E-state index in [0.717, 1.165) is 19.1 Å². The van der Waals surface area contributed by atoms with Crippen molar-refractivity contribution < 1.29 is 4.74 Å². The Labute approximate surface area is 87.8 Å². The Kier molecular flexibility index (Phi) is 5.45. The summed E-state index contributed by atoms with van der Waals surface area (Å²) in [4.78, 5) is 2.55. The van der Waals surface area contributed by atoms with E-state index in [9.17, 15) is 0 Å². The van der Waals surface area contributed by atoms with Gasteiger partial charge in [-0.05, 0) is 19.3 Å². The maximum absolute atomic E-state index is 5.14. The number of ether oxygens (including phenoxy) is 1. The summed E-state index contributed by atoms with van der Waals surface area (Å²) in [5, 5.41) is 3.32. The molecule has 0 radical (unpaired) electrons. The first kappa shape index (κ1) is 12.0. The quantitative estimate of drug-likeness (QED) is 0.662. The van der Waals surface area contributed by atoms with Crippen molar-refractivity contribution >= 4 is 0 Å². The standard InChI is InChI=1S/C11H24N2O/c1-4-10(2)13(5-6-14-3)9-11-7-12-8-11/h10-12H,4-9H2,1-3H3. The second kappa shape index (κ2) is 6.38. The van der Waals surface area contributed by atoms with Crippen molar-refractivity contribution in [2.75, 3.05) is 39.9 Å². The van der Waals surface area contributed by atoms with E-state index >= 15 is 0 Å². The van der Waals surface area contributed by atoms with Crippen molar-refractivity contribution in [2.24, 2.45) is 5.92 Å². The fourth-order valence-corrected chi connectivity index (χ4v) is 1.77. The van der Waals surface area contributed by atoms with Gasteiger partial charge in [-0.3, -0.25) is 4.90 Å². The Bertz CT molecular complexity index is 148. The maximum atomic E-state index is 5.14. The van der Waals surface area contributed by atoms with E-state index < -0.39 is 0 Å². The van der Waals surface area contributed by atoms with E-state index in [2.05, 4.69) is 24.1 Å². The highest BCUT2D eigenvalue weighted by molar-refractivity contribution is 4.79. The molecule has 0 aliphatic carbocycles. The molecule has 1 saturated heterocycles. The number of hydrogen-bond acceptors (Lipinski definition) is 3. The van der Waals surface area contributed by atoms with Crippen LogP contribution in [0, 0.1) is 5.92 Å². The molecular weight excluding hydrogens is 176 g/mol. The predicted molar refractivity (Wildman–Crippen MR) is 59.6 cm³/mol. The zero-order valence-corrected chi connectivity index (χ0v) is 9.75. The van der Waals surface area contributed by atoms with Gasteiger partial charge in [0.1, 0.15) is 0 Å². The summed E-state index contributed by atoms with van der Waals surface area (Å²) in [6, 6.07) is 0.686. The highest BCUT2D eigenvalue weighted by Crippen LogP contribution is 2.10. The predicted octanol–water partition coefficient (Wildman–Crippen LogP) is 0.953. The molecule has 3 nitrogen and oxygen atoms in total. The van der Waals surface area contributed by atoms with Crippen LogP contribution in [0.4, 0.5) is 0 Å². The van der Waals surface area contributed by atoms with Gasteiger partial charge in [-0.25, -0.2) is 0 Å². The summed E-state index contributed by atoms with van der Waals surface area (Å²) in [5.74, 6) is 0.862. The Morgan fingerprint density at radius 1 is 1.50 bits per heavy atom. The van der Waals surface area contributed by atoms with Crippen molar-refractivity contribution in [1.29, 1.82) is 0 Å². The van der Waals surface area contributed by atoms with Crippen LogP contribution in [-0.4, -0.2) is 50.8 Å². The summed E-state index contributed by atoms with van der Waals surface area (Å²) in [6.45, 7) is 10.1. The molecule has 1 unspecified atom stereocenters. The first-order valence-corrected chi connectivity index (χ1v) is 5.71. The van der Waals surface area contributed by atoms with E-state index in [4.69, 9.17) is 4.74 Å². The van der Waals surface area contributed by atoms with E-state index in [1.165, 1.54) is 26.1 Å². The SMILES string of the molecule is CCC(C)N(CCOC)CC1CNC1. The van der Waals surface area contributed by atoms with E-state index in [-0.39, 0.29) is 0 Å². The fraction of sp³-hybridized carbons (Fsp3) is 1.00. The summed E-state index contributed by atoms with van der Waals surface area (Å²) in [6.07, 6.45) is 1.23. The lowest BCUT2D eigenvalue weighted by Gasteiger charge is -2.36.